The Labute approximate surface area is 120 Å². The fourth-order valence-corrected chi connectivity index (χ4v) is 2.15. The van der Waals surface area contributed by atoms with Gasteiger partial charge in [-0.05, 0) is 11.6 Å². The highest BCUT2D eigenvalue weighted by atomic mass is 16.6. The number of nitro benzene ring substituents is 1. The summed E-state index contributed by atoms with van der Waals surface area (Å²) in [5, 5.41) is 13.9. The SMILES string of the molecule is Cn1cnc2ccnc(NCc3ccc([N+](=O)[O-])cc3)c21. The highest BCUT2D eigenvalue weighted by Gasteiger charge is 2.08. The van der Waals surface area contributed by atoms with E-state index in [4.69, 9.17) is 0 Å². The van der Waals surface area contributed by atoms with Gasteiger partial charge in [-0.25, -0.2) is 9.97 Å². The molecule has 0 saturated heterocycles. The van der Waals surface area contributed by atoms with E-state index in [1.807, 2.05) is 17.7 Å². The van der Waals surface area contributed by atoms with Gasteiger partial charge in [0.1, 0.15) is 5.52 Å². The zero-order valence-corrected chi connectivity index (χ0v) is 11.4. The number of non-ortho nitro benzene ring substituents is 1. The number of nitro groups is 1. The predicted molar refractivity (Wildman–Crippen MR) is 78.9 cm³/mol. The molecule has 0 bridgehead atoms. The minimum atomic E-state index is -0.408. The van der Waals surface area contributed by atoms with Crippen molar-refractivity contribution in [3.8, 4) is 0 Å². The van der Waals surface area contributed by atoms with Gasteiger partial charge in [-0.3, -0.25) is 10.1 Å². The number of hydrogen-bond donors (Lipinski definition) is 1. The maximum absolute atomic E-state index is 10.6. The minimum absolute atomic E-state index is 0.0885. The van der Waals surface area contributed by atoms with E-state index in [0.29, 0.717) is 6.54 Å². The summed E-state index contributed by atoms with van der Waals surface area (Å²) in [4.78, 5) is 18.8. The predicted octanol–water partition coefficient (Wildman–Crippen LogP) is 2.49. The van der Waals surface area contributed by atoms with E-state index >= 15 is 0 Å². The summed E-state index contributed by atoms with van der Waals surface area (Å²) in [5.74, 6) is 0.742. The second kappa shape index (κ2) is 5.20. The molecule has 0 unspecified atom stereocenters. The molecule has 21 heavy (non-hydrogen) atoms. The molecule has 0 fully saturated rings. The molecule has 0 aliphatic rings. The van der Waals surface area contributed by atoms with Crippen molar-refractivity contribution in [3.63, 3.8) is 0 Å². The van der Waals surface area contributed by atoms with Crippen LogP contribution in [0.5, 0.6) is 0 Å². The molecular formula is C14H13N5O2. The van der Waals surface area contributed by atoms with E-state index in [0.717, 1.165) is 22.4 Å². The Morgan fingerprint density at radius 2 is 2.00 bits per heavy atom. The Balaban J connectivity index is 1.80. The molecule has 0 radical (unpaired) electrons. The van der Waals surface area contributed by atoms with Crippen molar-refractivity contribution in [3.05, 3.63) is 58.5 Å². The highest BCUT2D eigenvalue weighted by Crippen LogP contribution is 2.20. The number of fused-ring (bicyclic) bond motifs is 1. The van der Waals surface area contributed by atoms with Gasteiger partial charge >= 0.3 is 0 Å². The lowest BCUT2D eigenvalue weighted by molar-refractivity contribution is -0.384. The average molecular weight is 283 g/mol. The summed E-state index contributed by atoms with van der Waals surface area (Å²) >= 11 is 0. The first kappa shape index (κ1) is 13.0. The number of nitrogens with one attached hydrogen (secondary N) is 1. The van der Waals surface area contributed by atoms with Crippen LogP contribution in [0.2, 0.25) is 0 Å². The number of pyridine rings is 1. The summed E-state index contributed by atoms with van der Waals surface area (Å²) in [7, 11) is 1.91. The van der Waals surface area contributed by atoms with E-state index < -0.39 is 4.92 Å². The standard InChI is InChI=1S/C14H13N5O2/c1-18-9-17-12-6-7-15-14(13(12)18)16-8-10-2-4-11(5-3-10)19(20)21/h2-7,9H,8H2,1H3,(H,15,16). The van der Waals surface area contributed by atoms with Crippen molar-refractivity contribution in [2.45, 2.75) is 6.54 Å². The van der Waals surface area contributed by atoms with Crippen LogP contribution < -0.4 is 5.32 Å². The Morgan fingerprint density at radius 3 is 2.71 bits per heavy atom. The summed E-state index contributed by atoms with van der Waals surface area (Å²) in [6.45, 7) is 0.537. The molecule has 2 aromatic heterocycles. The number of imidazole rings is 1. The van der Waals surface area contributed by atoms with Crippen LogP contribution in [0, 0.1) is 10.1 Å². The van der Waals surface area contributed by atoms with Crippen LogP contribution in [0.3, 0.4) is 0 Å². The van der Waals surface area contributed by atoms with Crippen LogP contribution in [0.25, 0.3) is 11.0 Å². The third kappa shape index (κ3) is 2.53. The summed E-state index contributed by atoms with van der Waals surface area (Å²) in [5.41, 5.74) is 2.84. The van der Waals surface area contributed by atoms with Gasteiger partial charge < -0.3 is 9.88 Å². The lowest BCUT2D eigenvalue weighted by Crippen LogP contribution is -2.03. The number of aryl methyl sites for hydroxylation is 1. The molecule has 7 heteroatoms. The fraction of sp³-hybridized carbons (Fsp3) is 0.143. The van der Waals surface area contributed by atoms with Crippen molar-refractivity contribution in [1.82, 2.24) is 14.5 Å². The maximum atomic E-state index is 10.6. The molecule has 3 rings (SSSR count). The Bertz CT molecular complexity index is 795. The summed E-state index contributed by atoms with van der Waals surface area (Å²) in [6, 6.07) is 8.31. The first-order chi connectivity index (χ1) is 10.1. The average Bonchev–Trinajstić information content (AvgIpc) is 2.88. The van der Waals surface area contributed by atoms with Crippen LogP contribution in [0.15, 0.2) is 42.9 Å². The first-order valence-corrected chi connectivity index (χ1v) is 6.38. The highest BCUT2D eigenvalue weighted by molar-refractivity contribution is 5.85. The molecule has 0 aliphatic heterocycles. The molecule has 0 atom stereocenters. The smallest absolute Gasteiger partial charge is 0.269 e. The van der Waals surface area contributed by atoms with E-state index in [-0.39, 0.29) is 5.69 Å². The summed E-state index contributed by atoms with van der Waals surface area (Å²) < 4.78 is 1.90. The zero-order valence-electron chi connectivity index (χ0n) is 11.4. The topological polar surface area (TPSA) is 85.9 Å². The van der Waals surface area contributed by atoms with Crippen LogP contribution >= 0.6 is 0 Å². The van der Waals surface area contributed by atoms with E-state index in [9.17, 15) is 10.1 Å². The Morgan fingerprint density at radius 1 is 1.24 bits per heavy atom. The molecule has 0 saturated carbocycles. The molecule has 0 spiro atoms. The second-order valence-electron chi connectivity index (χ2n) is 4.66. The molecular weight excluding hydrogens is 270 g/mol. The molecule has 106 valence electrons. The van der Waals surface area contributed by atoms with Gasteiger partial charge in [0, 0.05) is 31.9 Å². The molecule has 1 N–H and O–H groups in total. The third-order valence-corrected chi connectivity index (χ3v) is 3.23. The van der Waals surface area contributed by atoms with Crippen molar-refractivity contribution < 1.29 is 4.92 Å². The van der Waals surface area contributed by atoms with E-state index in [2.05, 4.69) is 15.3 Å². The number of rotatable bonds is 4. The van der Waals surface area contributed by atoms with Crippen molar-refractivity contribution in [2.75, 3.05) is 5.32 Å². The fourth-order valence-electron chi connectivity index (χ4n) is 2.15. The first-order valence-electron chi connectivity index (χ1n) is 6.38. The zero-order chi connectivity index (χ0) is 14.8. The number of benzene rings is 1. The van der Waals surface area contributed by atoms with Gasteiger partial charge in [-0.2, -0.15) is 0 Å². The minimum Gasteiger partial charge on any atom is -0.364 e. The van der Waals surface area contributed by atoms with Crippen molar-refractivity contribution in [2.24, 2.45) is 7.05 Å². The molecule has 2 heterocycles. The number of hydrogen-bond acceptors (Lipinski definition) is 5. The quantitative estimate of drug-likeness (QED) is 0.587. The molecule has 0 amide bonds. The monoisotopic (exact) mass is 283 g/mol. The number of aromatic nitrogens is 3. The number of anilines is 1. The largest absolute Gasteiger partial charge is 0.364 e. The van der Waals surface area contributed by atoms with E-state index in [1.165, 1.54) is 12.1 Å². The molecule has 3 aromatic rings. The van der Waals surface area contributed by atoms with Crippen LogP contribution in [0.4, 0.5) is 11.5 Å². The van der Waals surface area contributed by atoms with Crippen molar-refractivity contribution in [1.29, 1.82) is 0 Å². The van der Waals surface area contributed by atoms with Crippen LogP contribution in [-0.2, 0) is 13.6 Å². The normalized spacial score (nSPS) is 10.7. The van der Waals surface area contributed by atoms with Gasteiger partial charge in [0.05, 0.1) is 16.8 Å². The second-order valence-corrected chi connectivity index (χ2v) is 4.66. The lowest BCUT2D eigenvalue weighted by Gasteiger charge is -2.07. The van der Waals surface area contributed by atoms with Crippen LogP contribution in [-0.4, -0.2) is 19.5 Å². The lowest BCUT2D eigenvalue weighted by atomic mass is 10.2. The van der Waals surface area contributed by atoms with Crippen LogP contribution in [0.1, 0.15) is 5.56 Å². The third-order valence-electron chi connectivity index (χ3n) is 3.23. The van der Waals surface area contributed by atoms with Gasteiger partial charge in [-0.1, -0.05) is 12.1 Å². The van der Waals surface area contributed by atoms with E-state index in [1.54, 1.807) is 24.7 Å². The Kier molecular flexibility index (Phi) is 3.23. The van der Waals surface area contributed by atoms with Gasteiger partial charge in [-0.15, -0.1) is 0 Å². The number of nitrogens with zero attached hydrogens (tertiary/aromatic N) is 4. The molecule has 1 aromatic carbocycles. The Hall–Kier alpha value is -2.96. The van der Waals surface area contributed by atoms with Gasteiger partial charge in [0.2, 0.25) is 0 Å². The van der Waals surface area contributed by atoms with Crippen molar-refractivity contribution >= 4 is 22.5 Å². The van der Waals surface area contributed by atoms with Gasteiger partial charge in [0.25, 0.3) is 5.69 Å². The molecule has 7 nitrogen and oxygen atoms in total. The van der Waals surface area contributed by atoms with Gasteiger partial charge in [0.15, 0.2) is 5.82 Å². The molecule has 0 aliphatic carbocycles. The maximum Gasteiger partial charge on any atom is 0.269 e. The summed E-state index contributed by atoms with van der Waals surface area (Å²) in [6.07, 6.45) is 3.44.